The van der Waals surface area contributed by atoms with Crippen LogP contribution < -0.4 is 5.73 Å². The lowest BCUT2D eigenvalue weighted by atomic mass is 10.0. The van der Waals surface area contributed by atoms with Gasteiger partial charge in [-0.2, -0.15) is 0 Å². The molecule has 5 heteroatoms. The third kappa shape index (κ3) is 2.59. The van der Waals surface area contributed by atoms with Gasteiger partial charge in [-0.3, -0.25) is 4.90 Å². The summed E-state index contributed by atoms with van der Waals surface area (Å²) in [6, 6.07) is -0.0463. The lowest BCUT2D eigenvalue weighted by Crippen LogP contribution is -2.50. The number of rotatable bonds is 3. The molecule has 2 unspecified atom stereocenters. The van der Waals surface area contributed by atoms with E-state index in [2.05, 4.69) is 10.1 Å². The summed E-state index contributed by atoms with van der Waals surface area (Å²) in [5.74, 6) is 0.238. The van der Waals surface area contributed by atoms with Crippen molar-refractivity contribution in [2.75, 3.05) is 13.1 Å². The molecule has 5 nitrogen and oxygen atoms in total. The van der Waals surface area contributed by atoms with E-state index in [1.165, 1.54) is 0 Å². The minimum atomic E-state index is -0.274. The summed E-state index contributed by atoms with van der Waals surface area (Å²) < 4.78 is 0. The Balaban J connectivity index is 2.59. The van der Waals surface area contributed by atoms with Gasteiger partial charge in [0.05, 0.1) is 12.1 Å². The van der Waals surface area contributed by atoms with E-state index in [1.54, 1.807) is 0 Å². The molecular weight excluding hydrogens is 182 g/mol. The Kier molecular flexibility index (Phi) is 4.16. The maximum absolute atomic E-state index is 9.49. The van der Waals surface area contributed by atoms with Gasteiger partial charge in [-0.15, -0.1) is 0 Å². The molecule has 1 saturated heterocycles. The van der Waals surface area contributed by atoms with Crippen LogP contribution in [-0.4, -0.2) is 46.3 Å². The van der Waals surface area contributed by atoms with Crippen molar-refractivity contribution >= 4 is 5.84 Å². The van der Waals surface area contributed by atoms with E-state index >= 15 is 0 Å². The van der Waals surface area contributed by atoms with E-state index in [0.717, 1.165) is 25.8 Å². The van der Waals surface area contributed by atoms with Crippen LogP contribution in [0.4, 0.5) is 0 Å². The number of nitrogens with zero attached hydrogens (tertiary/aromatic N) is 2. The van der Waals surface area contributed by atoms with Gasteiger partial charge < -0.3 is 16.0 Å². The van der Waals surface area contributed by atoms with Gasteiger partial charge in [-0.1, -0.05) is 12.1 Å². The summed E-state index contributed by atoms with van der Waals surface area (Å²) in [5.41, 5.74) is 5.58. The van der Waals surface area contributed by atoms with Crippen LogP contribution >= 0.6 is 0 Å². The van der Waals surface area contributed by atoms with Crippen molar-refractivity contribution in [3.05, 3.63) is 0 Å². The fraction of sp³-hybridized carbons (Fsp3) is 0.889. The van der Waals surface area contributed by atoms with Crippen molar-refractivity contribution in [1.82, 2.24) is 4.90 Å². The fourth-order valence-corrected chi connectivity index (χ4v) is 1.99. The van der Waals surface area contributed by atoms with Crippen molar-refractivity contribution in [2.45, 2.75) is 38.3 Å². The number of hydrogen-bond acceptors (Lipinski definition) is 4. The number of nitrogens with two attached hydrogens (primary N) is 1. The first-order valence-electron chi connectivity index (χ1n) is 5.08. The molecule has 0 radical (unpaired) electrons. The molecular formula is C9H19N3O2. The monoisotopic (exact) mass is 201 g/mol. The number of oxime groups is 1. The lowest BCUT2D eigenvalue weighted by Gasteiger charge is -2.35. The van der Waals surface area contributed by atoms with E-state index < -0.39 is 0 Å². The maximum Gasteiger partial charge on any atom is 0.156 e. The van der Waals surface area contributed by atoms with Crippen molar-refractivity contribution < 1.29 is 10.3 Å². The highest BCUT2D eigenvalue weighted by Gasteiger charge is 2.26. The fourth-order valence-electron chi connectivity index (χ4n) is 1.99. The van der Waals surface area contributed by atoms with Crippen LogP contribution in [0.1, 0.15) is 26.2 Å². The summed E-state index contributed by atoms with van der Waals surface area (Å²) in [7, 11) is 0. The zero-order chi connectivity index (χ0) is 10.6. The van der Waals surface area contributed by atoms with Crippen molar-refractivity contribution in [2.24, 2.45) is 10.9 Å². The molecule has 0 aliphatic carbocycles. The predicted molar refractivity (Wildman–Crippen MR) is 54.3 cm³/mol. The molecule has 4 N–H and O–H groups in total. The first-order valence-corrected chi connectivity index (χ1v) is 5.08. The molecule has 1 aliphatic rings. The van der Waals surface area contributed by atoms with E-state index in [4.69, 9.17) is 10.9 Å². The van der Waals surface area contributed by atoms with Crippen LogP contribution in [0.3, 0.4) is 0 Å². The number of amidine groups is 1. The van der Waals surface area contributed by atoms with Gasteiger partial charge in [0.1, 0.15) is 0 Å². The highest BCUT2D eigenvalue weighted by atomic mass is 16.4. The Morgan fingerprint density at radius 1 is 1.71 bits per heavy atom. The molecule has 1 aliphatic heterocycles. The minimum absolute atomic E-state index is 0.0463. The Bertz CT molecular complexity index is 208. The molecule has 0 aromatic heterocycles. The summed E-state index contributed by atoms with van der Waals surface area (Å²) in [4.78, 5) is 2.07. The average Bonchev–Trinajstić information content (AvgIpc) is 2.19. The van der Waals surface area contributed by atoms with Crippen molar-refractivity contribution in [1.29, 1.82) is 0 Å². The van der Waals surface area contributed by atoms with Crippen LogP contribution in [0.5, 0.6) is 0 Å². The minimum Gasteiger partial charge on any atom is -0.409 e. The summed E-state index contributed by atoms with van der Waals surface area (Å²) in [6.07, 6.45) is 2.34. The normalized spacial score (nSPS) is 27.6. The summed E-state index contributed by atoms with van der Waals surface area (Å²) in [5, 5.41) is 21.1. The first-order chi connectivity index (χ1) is 6.69. The van der Waals surface area contributed by atoms with Crippen LogP contribution in [0, 0.1) is 0 Å². The molecule has 1 fully saturated rings. The van der Waals surface area contributed by atoms with E-state index in [9.17, 15) is 5.11 Å². The molecule has 82 valence electrons. The Labute approximate surface area is 84.2 Å². The molecule has 14 heavy (non-hydrogen) atoms. The maximum atomic E-state index is 9.49. The molecule has 0 aromatic rings. The van der Waals surface area contributed by atoms with Crippen molar-refractivity contribution in [3.63, 3.8) is 0 Å². The van der Waals surface area contributed by atoms with Crippen molar-refractivity contribution in [3.8, 4) is 0 Å². The van der Waals surface area contributed by atoms with Gasteiger partial charge in [0.2, 0.25) is 0 Å². The summed E-state index contributed by atoms with van der Waals surface area (Å²) in [6.45, 7) is 3.52. The number of aliphatic hydroxyl groups is 1. The lowest BCUT2D eigenvalue weighted by molar-refractivity contribution is 0.0591. The number of β-amino-alcohol motifs (C(OH)–C–C–N with tert-alkyl or cyclic N) is 1. The Hall–Kier alpha value is -0.810. The largest absolute Gasteiger partial charge is 0.409 e. The van der Waals surface area contributed by atoms with Gasteiger partial charge >= 0.3 is 0 Å². The van der Waals surface area contributed by atoms with Crippen LogP contribution in [0.25, 0.3) is 0 Å². The Morgan fingerprint density at radius 3 is 2.93 bits per heavy atom. The third-order valence-electron chi connectivity index (χ3n) is 2.71. The standard InChI is InChI=1S/C9H19N3O2/c1-2-8(9(10)11-14)12-5-3-4-7(13)6-12/h7-8,13-14H,2-6H2,1H3,(H2,10,11). The molecule has 0 amide bonds. The number of likely N-dealkylation sites (tertiary alicyclic amines) is 1. The summed E-state index contributed by atoms with van der Waals surface area (Å²) >= 11 is 0. The second-order valence-electron chi connectivity index (χ2n) is 3.74. The van der Waals surface area contributed by atoms with Gasteiger partial charge in [0.15, 0.2) is 5.84 Å². The second-order valence-corrected chi connectivity index (χ2v) is 3.74. The van der Waals surface area contributed by atoms with Crippen LogP contribution in [0.2, 0.25) is 0 Å². The van der Waals surface area contributed by atoms with Gasteiger partial charge in [0.25, 0.3) is 0 Å². The number of hydrogen-bond donors (Lipinski definition) is 3. The first kappa shape index (κ1) is 11.3. The highest BCUT2D eigenvalue weighted by Crippen LogP contribution is 2.14. The topological polar surface area (TPSA) is 82.1 Å². The Morgan fingerprint density at radius 2 is 2.43 bits per heavy atom. The van der Waals surface area contributed by atoms with Crippen LogP contribution in [-0.2, 0) is 0 Å². The van der Waals surface area contributed by atoms with Gasteiger partial charge in [-0.05, 0) is 25.8 Å². The van der Waals surface area contributed by atoms with E-state index in [1.807, 2.05) is 6.92 Å². The zero-order valence-electron chi connectivity index (χ0n) is 8.56. The predicted octanol–water partition coefficient (Wildman–Crippen LogP) is -0.0319. The molecule has 2 atom stereocenters. The average molecular weight is 201 g/mol. The third-order valence-corrected chi connectivity index (χ3v) is 2.71. The molecule has 1 rings (SSSR count). The van der Waals surface area contributed by atoms with E-state index in [-0.39, 0.29) is 18.0 Å². The highest BCUT2D eigenvalue weighted by molar-refractivity contribution is 5.85. The quantitative estimate of drug-likeness (QED) is 0.259. The molecule has 0 aromatic carbocycles. The molecule has 0 saturated carbocycles. The molecule has 0 bridgehead atoms. The molecule has 1 heterocycles. The number of aliphatic hydroxyl groups excluding tert-OH is 1. The number of piperidine rings is 1. The van der Waals surface area contributed by atoms with E-state index in [0.29, 0.717) is 6.54 Å². The molecule has 0 spiro atoms. The van der Waals surface area contributed by atoms with Crippen LogP contribution in [0.15, 0.2) is 5.16 Å². The SMILES string of the molecule is CCC(/C(N)=N/O)N1CCCC(O)C1. The van der Waals surface area contributed by atoms with Gasteiger partial charge in [0, 0.05) is 6.54 Å². The second kappa shape index (κ2) is 5.17. The smallest absolute Gasteiger partial charge is 0.156 e. The van der Waals surface area contributed by atoms with Gasteiger partial charge in [-0.25, -0.2) is 0 Å². The zero-order valence-corrected chi connectivity index (χ0v) is 8.56.